The second-order valence-corrected chi connectivity index (χ2v) is 2.29. The number of carbonyl (C=O) groups is 1. The smallest absolute Gasteiger partial charge is 0.303 e. The van der Waals surface area contributed by atoms with Crippen molar-refractivity contribution in [3.05, 3.63) is 12.2 Å². The number of carboxylic acid groups (broad SMARTS) is 1. The van der Waals surface area contributed by atoms with E-state index >= 15 is 0 Å². The van der Waals surface area contributed by atoms with Crippen molar-refractivity contribution < 1.29 is 15.0 Å². The van der Waals surface area contributed by atoms with Gasteiger partial charge >= 0.3 is 5.97 Å². The number of hydrogen-bond donors (Lipinski definition) is 2. The predicted molar refractivity (Wildman–Crippen MR) is 42.3 cm³/mol. The highest BCUT2D eigenvalue weighted by atomic mass is 16.4. The molecule has 0 radical (unpaired) electrons. The lowest BCUT2D eigenvalue weighted by Crippen LogP contribution is -1.92. The van der Waals surface area contributed by atoms with Gasteiger partial charge in [0, 0.05) is 6.42 Å². The fraction of sp³-hybridized carbons (Fsp3) is 0.625. The van der Waals surface area contributed by atoms with Gasteiger partial charge in [-0.1, -0.05) is 12.2 Å². The van der Waals surface area contributed by atoms with Gasteiger partial charge in [0.1, 0.15) is 0 Å². The van der Waals surface area contributed by atoms with Crippen LogP contribution in [0.2, 0.25) is 0 Å². The number of allylic oxidation sites excluding steroid dienone is 1. The predicted octanol–water partition coefficient (Wildman–Crippen LogP) is 1.18. The Labute approximate surface area is 66.4 Å². The van der Waals surface area contributed by atoms with Crippen LogP contribution in [0.1, 0.15) is 25.7 Å². The number of rotatable bonds is 6. The Bertz CT molecular complexity index is 129. The maximum atomic E-state index is 10.0. The summed E-state index contributed by atoms with van der Waals surface area (Å²) >= 11 is 0. The quantitative estimate of drug-likeness (QED) is 0.450. The van der Waals surface area contributed by atoms with Gasteiger partial charge in [-0.3, -0.25) is 4.79 Å². The lowest BCUT2D eigenvalue weighted by molar-refractivity contribution is -0.137. The number of aliphatic hydroxyl groups is 1. The normalized spacial score (nSPS) is 10.6. The van der Waals surface area contributed by atoms with Crippen molar-refractivity contribution in [3.8, 4) is 0 Å². The van der Waals surface area contributed by atoms with Crippen LogP contribution in [0, 0.1) is 0 Å². The van der Waals surface area contributed by atoms with Crippen LogP contribution in [0.4, 0.5) is 0 Å². The van der Waals surface area contributed by atoms with E-state index in [4.69, 9.17) is 10.2 Å². The first-order valence-corrected chi connectivity index (χ1v) is 3.75. The fourth-order valence-corrected chi connectivity index (χ4v) is 0.731. The van der Waals surface area contributed by atoms with Crippen molar-refractivity contribution in [2.45, 2.75) is 25.7 Å². The maximum absolute atomic E-state index is 10.0. The molecule has 0 aliphatic rings. The highest BCUT2D eigenvalue weighted by Crippen LogP contribution is 1.99. The molecule has 0 aromatic heterocycles. The van der Waals surface area contributed by atoms with Gasteiger partial charge in [-0.2, -0.15) is 0 Å². The first-order chi connectivity index (χ1) is 5.27. The minimum Gasteiger partial charge on any atom is -0.481 e. The molecule has 3 nitrogen and oxygen atoms in total. The zero-order valence-electron chi connectivity index (χ0n) is 6.49. The number of carboxylic acids is 1. The molecule has 11 heavy (non-hydrogen) atoms. The average molecular weight is 158 g/mol. The second kappa shape index (κ2) is 7.28. The van der Waals surface area contributed by atoms with E-state index in [2.05, 4.69) is 0 Å². The monoisotopic (exact) mass is 158 g/mol. The Morgan fingerprint density at radius 2 is 2.00 bits per heavy atom. The lowest BCUT2D eigenvalue weighted by Gasteiger charge is -1.92. The lowest BCUT2D eigenvalue weighted by atomic mass is 10.2. The third-order valence-electron chi connectivity index (χ3n) is 1.28. The summed E-state index contributed by atoms with van der Waals surface area (Å²) in [5.41, 5.74) is 0. The van der Waals surface area contributed by atoms with Crippen molar-refractivity contribution in [2.24, 2.45) is 0 Å². The minimum atomic E-state index is -0.740. The van der Waals surface area contributed by atoms with Crippen molar-refractivity contribution in [2.75, 3.05) is 6.61 Å². The third-order valence-corrected chi connectivity index (χ3v) is 1.28. The molecular weight excluding hydrogens is 144 g/mol. The molecule has 0 saturated carbocycles. The van der Waals surface area contributed by atoms with E-state index in [-0.39, 0.29) is 13.0 Å². The van der Waals surface area contributed by atoms with Crippen LogP contribution < -0.4 is 0 Å². The Kier molecular flexibility index (Phi) is 6.73. The van der Waals surface area contributed by atoms with Gasteiger partial charge in [0.2, 0.25) is 0 Å². The molecule has 0 unspecified atom stereocenters. The summed E-state index contributed by atoms with van der Waals surface area (Å²) in [5.74, 6) is -0.740. The SMILES string of the molecule is O=C(O)CCCC/C=C/CO. The molecule has 0 spiro atoms. The van der Waals surface area contributed by atoms with Crippen LogP contribution in [0.25, 0.3) is 0 Å². The Morgan fingerprint density at radius 3 is 2.55 bits per heavy atom. The molecule has 0 aliphatic carbocycles. The van der Waals surface area contributed by atoms with Crippen molar-refractivity contribution in [3.63, 3.8) is 0 Å². The maximum Gasteiger partial charge on any atom is 0.303 e. The van der Waals surface area contributed by atoms with E-state index in [0.29, 0.717) is 6.42 Å². The Balaban J connectivity index is 3.02. The van der Waals surface area contributed by atoms with E-state index in [1.165, 1.54) is 0 Å². The first kappa shape index (κ1) is 10.2. The molecule has 0 amide bonds. The van der Waals surface area contributed by atoms with E-state index in [1.54, 1.807) is 6.08 Å². The van der Waals surface area contributed by atoms with Gasteiger partial charge in [0.15, 0.2) is 0 Å². The topological polar surface area (TPSA) is 57.5 Å². The number of aliphatic carboxylic acids is 1. The fourth-order valence-electron chi connectivity index (χ4n) is 0.731. The Morgan fingerprint density at radius 1 is 1.27 bits per heavy atom. The van der Waals surface area contributed by atoms with E-state index < -0.39 is 5.97 Å². The second-order valence-electron chi connectivity index (χ2n) is 2.29. The van der Waals surface area contributed by atoms with E-state index in [1.807, 2.05) is 6.08 Å². The van der Waals surface area contributed by atoms with Crippen LogP contribution in [0.5, 0.6) is 0 Å². The summed E-state index contributed by atoms with van der Waals surface area (Å²) < 4.78 is 0. The molecule has 0 rings (SSSR count). The summed E-state index contributed by atoms with van der Waals surface area (Å²) in [4.78, 5) is 10.0. The molecule has 0 saturated heterocycles. The largest absolute Gasteiger partial charge is 0.481 e. The molecule has 0 atom stereocenters. The van der Waals surface area contributed by atoms with E-state index in [0.717, 1.165) is 12.8 Å². The number of unbranched alkanes of at least 4 members (excludes halogenated alkanes) is 2. The zero-order chi connectivity index (χ0) is 8.53. The molecule has 3 heteroatoms. The van der Waals surface area contributed by atoms with Gasteiger partial charge in [0.25, 0.3) is 0 Å². The molecule has 0 aromatic carbocycles. The van der Waals surface area contributed by atoms with Crippen LogP contribution in [-0.4, -0.2) is 22.8 Å². The summed E-state index contributed by atoms with van der Waals surface area (Å²) in [7, 11) is 0. The summed E-state index contributed by atoms with van der Waals surface area (Å²) in [6, 6.07) is 0. The van der Waals surface area contributed by atoms with Crippen LogP contribution in [-0.2, 0) is 4.79 Å². The first-order valence-electron chi connectivity index (χ1n) is 3.75. The van der Waals surface area contributed by atoms with Crippen LogP contribution in [0.15, 0.2) is 12.2 Å². The molecule has 64 valence electrons. The summed E-state index contributed by atoms with van der Waals surface area (Å²) in [6.45, 7) is 0.0684. The molecule has 0 fully saturated rings. The van der Waals surface area contributed by atoms with Crippen LogP contribution in [0.3, 0.4) is 0 Å². The van der Waals surface area contributed by atoms with Gasteiger partial charge in [-0.25, -0.2) is 0 Å². The highest BCUT2D eigenvalue weighted by molar-refractivity contribution is 5.66. The molecule has 0 aromatic rings. The molecule has 0 bridgehead atoms. The Hall–Kier alpha value is -0.830. The third kappa shape index (κ3) is 9.17. The number of hydrogen-bond acceptors (Lipinski definition) is 2. The van der Waals surface area contributed by atoms with E-state index in [9.17, 15) is 4.79 Å². The van der Waals surface area contributed by atoms with Gasteiger partial charge in [-0.05, 0) is 19.3 Å². The molecule has 0 aliphatic heterocycles. The molecule has 2 N–H and O–H groups in total. The van der Waals surface area contributed by atoms with Crippen molar-refractivity contribution in [1.29, 1.82) is 0 Å². The molecular formula is C8H14O3. The zero-order valence-corrected chi connectivity index (χ0v) is 6.49. The van der Waals surface area contributed by atoms with Gasteiger partial charge < -0.3 is 10.2 Å². The standard InChI is InChI=1S/C8H14O3/c9-7-5-3-1-2-4-6-8(10)11/h3,5,9H,1-2,4,6-7H2,(H,10,11)/b5-3+. The van der Waals surface area contributed by atoms with Crippen molar-refractivity contribution >= 4 is 5.97 Å². The number of aliphatic hydroxyl groups excluding tert-OH is 1. The minimum absolute atomic E-state index is 0.0684. The average Bonchev–Trinajstić information content (AvgIpc) is 1.96. The van der Waals surface area contributed by atoms with Gasteiger partial charge in [-0.15, -0.1) is 0 Å². The summed E-state index contributed by atoms with van der Waals surface area (Å²) in [5, 5.41) is 16.6. The van der Waals surface area contributed by atoms with Crippen LogP contribution >= 0.6 is 0 Å². The molecule has 0 heterocycles. The van der Waals surface area contributed by atoms with Gasteiger partial charge in [0.05, 0.1) is 6.61 Å². The highest BCUT2D eigenvalue weighted by Gasteiger charge is 1.93. The van der Waals surface area contributed by atoms with Crippen molar-refractivity contribution in [1.82, 2.24) is 0 Å². The summed E-state index contributed by atoms with van der Waals surface area (Å²) in [6.07, 6.45) is 6.22.